The molecule has 4 heteroatoms. The Morgan fingerprint density at radius 2 is 1.94 bits per heavy atom. The van der Waals surface area contributed by atoms with Crippen LogP contribution in [0.3, 0.4) is 0 Å². The number of hydrogen-bond acceptors (Lipinski definition) is 3. The number of rotatable bonds is 2. The molecule has 0 heterocycles. The van der Waals surface area contributed by atoms with Crippen LogP contribution in [0.25, 0.3) is 0 Å². The maximum Gasteiger partial charge on any atom is 0.102 e. The lowest BCUT2D eigenvalue weighted by Gasteiger charge is -2.13. The highest BCUT2D eigenvalue weighted by atomic mass is 35.5. The minimum atomic E-state index is 0.528. The third-order valence-corrected chi connectivity index (χ3v) is 3.01. The van der Waals surface area contributed by atoms with E-state index in [2.05, 4.69) is 11.4 Å². The number of anilines is 3. The van der Waals surface area contributed by atoms with E-state index in [9.17, 15) is 0 Å². The highest BCUT2D eigenvalue weighted by Gasteiger charge is 2.09. The van der Waals surface area contributed by atoms with Gasteiger partial charge in [-0.05, 0) is 30.7 Å². The van der Waals surface area contributed by atoms with Gasteiger partial charge in [0.2, 0.25) is 0 Å². The molecule has 0 radical (unpaired) electrons. The lowest BCUT2D eigenvalue weighted by molar-refractivity contribution is 1.38. The molecule has 0 aliphatic rings. The average molecular weight is 258 g/mol. The van der Waals surface area contributed by atoms with Gasteiger partial charge in [-0.3, -0.25) is 0 Å². The second-order valence-electron chi connectivity index (χ2n) is 3.94. The molecule has 0 saturated heterocycles. The van der Waals surface area contributed by atoms with Gasteiger partial charge in [0.1, 0.15) is 6.07 Å². The number of nitrogens with one attached hydrogen (secondary N) is 1. The first kappa shape index (κ1) is 12.3. The van der Waals surface area contributed by atoms with Gasteiger partial charge in [0.15, 0.2) is 0 Å². The van der Waals surface area contributed by atoms with E-state index in [0.29, 0.717) is 27.6 Å². The number of hydrogen-bond donors (Lipinski definition) is 2. The standard InChI is InChI=1S/C14H12ClN3/c1-9-4-2-7-13(10(9)8-16)18-14-11(15)5-3-6-12(14)17/h2-7,18H,17H2,1H3. The minimum Gasteiger partial charge on any atom is -0.397 e. The lowest BCUT2D eigenvalue weighted by atomic mass is 10.1. The summed E-state index contributed by atoms with van der Waals surface area (Å²) >= 11 is 6.09. The van der Waals surface area contributed by atoms with Crippen LogP contribution in [0.4, 0.5) is 17.1 Å². The summed E-state index contributed by atoms with van der Waals surface area (Å²) in [6.07, 6.45) is 0. The molecule has 2 aromatic carbocycles. The van der Waals surface area contributed by atoms with Crippen molar-refractivity contribution >= 4 is 28.7 Å². The Balaban J connectivity index is 2.48. The molecular weight excluding hydrogens is 246 g/mol. The third-order valence-electron chi connectivity index (χ3n) is 2.69. The summed E-state index contributed by atoms with van der Waals surface area (Å²) in [5, 5.41) is 12.8. The van der Waals surface area contributed by atoms with Crippen molar-refractivity contribution in [1.29, 1.82) is 5.26 Å². The maximum atomic E-state index is 9.16. The number of nitriles is 1. The van der Waals surface area contributed by atoms with Gasteiger partial charge in [0, 0.05) is 0 Å². The monoisotopic (exact) mass is 257 g/mol. The highest BCUT2D eigenvalue weighted by Crippen LogP contribution is 2.32. The van der Waals surface area contributed by atoms with Crippen molar-refractivity contribution in [3.05, 3.63) is 52.5 Å². The number of aryl methyl sites for hydroxylation is 1. The van der Waals surface area contributed by atoms with E-state index in [-0.39, 0.29) is 0 Å². The van der Waals surface area contributed by atoms with E-state index in [1.54, 1.807) is 18.2 Å². The van der Waals surface area contributed by atoms with E-state index in [1.165, 1.54) is 0 Å². The van der Waals surface area contributed by atoms with Crippen LogP contribution >= 0.6 is 11.6 Å². The molecule has 0 amide bonds. The van der Waals surface area contributed by atoms with Crippen molar-refractivity contribution in [3.8, 4) is 6.07 Å². The van der Waals surface area contributed by atoms with Crippen LogP contribution in [-0.2, 0) is 0 Å². The first-order chi connectivity index (χ1) is 8.63. The number of nitrogen functional groups attached to an aromatic ring is 1. The molecule has 0 fully saturated rings. The molecule has 90 valence electrons. The maximum absolute atomic E-state index is 9.16. The molecule has 2 rings (SSSR count). The molecule has 0 spiro atoms. The summed E-state index contributed by atoms with van der Waals surface area (Å²) in [6.45, 7) is 1.89. The van der Waals surface area contributed by atoms with Crippen molar-refractivity contribution < 1.29 is 0 Å². The van der Waals surface area contributed by atoms with Crippen molar-refractivity contribution in [3.63, 3.8) is 0 Å². The van der Waals surface area contributed by atoms with Gasteiger partial charge in [-0.1, -0.05) is 29.8 Å². The van der Waals surface area contributed by atoms with Gasteiger partial charge in [0.25, 0.3) is 0 Å². The van der Waals surface area contributed by atoms with Crippen LogP contribution in [0.5, 0.6) is 0 Å². The van der Waals surface area contributed by atoms with Crippen LogP contribution in [0.1, 0.15) is 11.1 Å². The first-order valence-corrected chi connectivity index (χ1v) is 5.82. The molecule has 0 atom stereocenters. The average Bonchev–Trinajstić information content (AvgIpc) is 2.34. The Bertz CT molecular complexity index is 609. The zero-order chi connectivity index (χ0) is 13.1. The molecular formula is C14H12ClN3. The normalized spacial score (nSPS) is 9.83. The van der Waals surface area contributed by atoms with Gasteiger partial charge in [0.05, 0.1) is 27.6 Å². The number of para-hydroxylation sites is 1. The van der Waals surface area contributed by atoms with Crippen LogP contribution in [0.15, 0.2) is 36.4 Å². The Morgan fingerprint density at radius 3 is 2.61 bits per heavy atom. The van der Waals surface area contributed by atoms with E-state index in [4.69, 9.17) is 22.6 Å². The molecule has 18 heavy (non-hydrogen) atoms. The van der Waals surface area contributed by atoms with Gasteiger partial charge < -0.3 is 11.1 Å². The fraction of sp³-hybridized carbons (Fsp3) is 0.0714. The van der Waals surface area contributed by atoms with Crippen molar-refractivity contribution in [2.24, 2.45) is 0 Å². The minimum absolute atomic E-state index is 0.528. The van der Waals surface area contributed by atoms with Crippen molar-refractivity contribution in [2.75, 3.05) is 11.1 Å². The second kappa shape index (κ2) is 4.99. The Morgan fingerprint density at radius 1 is 1.22 bits per heavy atom. The number of nitrogens with zero attached hydrogens (tertiary/aromatic N) is 1. The van der Waals surface area contributed by atoms with Gasteiger partial charge in [-0.25, -0.2) is 0 Å². The van der Waals surface area contributed by atoms with Crippen molar-refractivity contribution in [2.45, 2.75) is 6.92 Å². The van der Waals surface area contributed by atoms with Crippen LogP contribution in [0.2, 0.25) is 5.02 Å². The summed E-state index contributed by atoms with van der Waals surface area (Å²) in [5.74, 6) is 0. The van der Waals surface area contributed by atoms with Gasteiger partial charge in [-0.2, -0.15) is 5.26 Å². The van der Waals surface area contributed by atoms with E-state index >= 15 is 0 Å². The molecule has 0 unspecified atom stereocenters. The number of benzene rings is 2. The number of halogens is 1. The predicted molar refractivity (Wildman–Crippen MR) is 75.0 cm³/mol. The van der Waals surface area contributed by atoms with E-state index < -0.39 is 0 Å². The SMILES string of the molecule is Cc1cccc(Nc2c(N)cccc2Cl)c1C#N. The Kier molecular flexibility index (Phi) is 3.40. The van der Waals surface area contributed by atoms with Crippen molar-refractivity contribution in [1.82, 2.24) is 0 Å². The van der Waals surface area contributed by atoms with Crippen LogP contribution < -0.4 is 11.1 Å². The summed E-state index contributed by atoms with van der Waals surface area (Å²) in [4.78, 5) is 0. The van der Waals surface area contributed by atoms with Gasteiger partial charge >= 0.3 is 0 Å². The van der Waals surface area contributed by atoms with Gasteiger partial charge in [-0.15, -0.1) is 0 Å². The highest BCUT2D eigenvalue weighted by molar-refractivity contribution is 6.34. The quantitative estimate of drug-likeness (QED) is 0.804. The predicted octanol–water partition coefficient (Wildman–Crippen LogP) is 3.85. The smallest absolute Gasteiger partial charge is 0.102 e. The fourth-order valence-corrected chi connectivity index (χ4v) is 1.96. The molecule has 0 bridgehead atoms. The summed E-state index contributed by atoms with van der Waals surface area (Å²) < 4.78 is 0. The molecule has 0 saturated carbocycles. The van der Waals surface area contributed by atoms with E-state index in [1.807, 2.05) is 25.1 Å². The molecule has 0 aromatic heterocycles. The Labute approximate surface area is 111 Å². The largest absolute Gasteiger partial charge is 0.397 e. The van der Waals surface area contributed by atoms with Crippen LogP contribution in [-0.4, -0.2) is 0 Å². The van der Waals surface area contributed by atoms with Crippen LogP contribution in [0, 0.1) is 18.3 Å². The molecule has 2 aromatic rings. The molecule has 3 N–H and O–H groups in total. The van der Waals surface area contributed by atoms with E-state index in [0.717, 1.165) is 5.56 Å². The molecule has 0 aliphatic carbocycles. The fourth-order valence-electron chi connectivity index (χ4n) is 1.73. The Hall–Kier alpha value is -2.18. The summed E-state index contributed by atoms with van der Waals surface area (Å²) in [6, 6.07) is 13.1. The first-order valence-electron chi connectivity index (χ1n) is 5.44. The summed E-state index contributed by atoms with van der Waals surface area (Å²) in [5.41, 5.74) is 9.25. The molecule has 3 nitrogen and oxygen atoms in total. The zero-order valence-corrected chi connectivity index (χ0v) is 10.6. The molecule has 0 aliphatic heterocycles. The lowest BCUT2D eigenvalue weighted by Crippen LogP contribution is -1.99. The topological polar surface area (TPSA) is 61.8 Å². The third kappa shape index (κ3) is 2.24. The summed E-state index contributed by atoms with van der Waals surface area (Å²) in [7, 11) is 0. The number of nitrogens with two attached hydrogens (primary N) is 1. The zero-order valence-electron chi connectivity index (χ0n) is 9.87. The second-order valence-corrected chi connectivity index (χ2v) is 4.35.